The summed E-state index contributed by atoms with van der Waals surface area (Å²) in [5.74, 6) is 0. The molecule has 0 N–H and O–H groups in total. The van der Waals surface area contributed by atoms with Gasteiger partial charge in [-0.1, -0.05) is 0 Å². The van der Waals surface area contributed by atoms with Crippen LogP contribution in [0.4, 0.5) is 0 Å². The van der Waals surface area contributed by atoms with Gasteiger partial charge in [0.15, 0.2) is 0 Å². The fourth-order valence-electron chi connectivity index (χ4n) is 8.12. The van der Waals surface area contributed by atoms with E-state index in [9.17, 15) is 0 Å². The van der Waals surface area contributed by atoms with Gasteiger partial charge in [-0.2, -0.15) is 0 Å². The number of rotatable bonds is 25. The minimum absolute atomic E-state index is 0. The molecule has 0 spiro atoms. The minimum atomic E-state index is -1.90. The van der Waals surface area contributed by atoms with Gasteiger partial charge in [0, 0.05) is 0 Å². The van der Waals surface area contributed by atoms with E-state index in [1.54, 1.807) is 49.3 Å². The zero-order chi connectivity index (χ0) is 25.9. The summed E-state index contributed by atoms with van der Waals surface area (Å²) < 4.78 is 0. The summed E-state index contributed by atoms with van der Waals surface area (Å²) in [7, 11) is 0. The second-order valence-corrected chi connectivity index (χ2v) is 30.4. The van der Waals surface area contributed by atoms with Crippen molar-refractivity contribution in [2.45, 2.75) is 158 Å². The van der Waals surface area contributed by atoms with Crippen LogP contribution < -0.4 is 0 Å². The molecule has 0 saturated heterocycles. The van der Waals surface area contributed by atoms with Crippen molar-refractivity contribution in [3.63, 3.8) is 0 Å². The standard InChI is InChI=1S/C32H72P2.BrH.HI/c1-9-17-25-33(26-18-10-2,27-19-11-3,28-20-12-4)34(29-21-13-5,30-22-14-6,31-23-15-7)32-24-16-8;;/h9-32H2,1-8H3;2*1H. The zero-order valence-corrected chi connectivity index (χ0v) is 32.5. The minimum Gasteiger partial charge on any atom is -0.107 e. The molecule has 36 heavy (non-hydrogen) atoms. The molecule has 0 nitrogen and oxygen atoms in total. The van der Waals surface area contributed by atoms with Crippen LogP contribution in [0.3, 0.4) is 0 Å². The summed E-state index contributed by atoms with van der Waals surface area (Å²) in [4.78, 5) is 0. The van der Waals surface area contributed by atoms with Gasteiger partial charge in [-0.3, -0.25) is 0 Å². The largest absolute Gasteiger partial charge is 0.107 e. The molecule has 0 amide bonds. The molecule has 0 fully saturated rings. The summed E-state index contributed by atoms with van der Waals surface area (Å²) in [6.45, 7) is 20.0. The van der Waals surface area contributed by atoms with E-state index in [-0.39, 0.29) is 41.0 Å². The molecule has 0 aromatic heterocycles. The molecule has 0 heterocycles. The molecule has 0 rings (SSSR count). The van der Waals surface area contributed by atoms with Gasteiger partial charge >= 0.3 is 220 Å². The summed E-state index contributed by atoms with van der Waals surface area (Å²) >= 11 is 0. The summed E-state index contributed by atoms with van der Waals surface area (Å²) in [6.07, 6.45) is 33.3. The molecule has 0 atom stereocenters. The van der Waals surface area contributed by atoms with Gasteiger partial charge in [-0.05, 0) is 0 Å². The van der Waals surface area contributed by atoms with Crippen molar-refractivity contribution in [1.29, 1.82) is 0 Å². The third-order valence-corrected chi connectivity index (χ3v) is 39.6. The van der Waals surface area contributed by atoms with Crippen molar-refractivity contribution in [2.75, 3.05) is 49.3 Å². The molecule has 0 radical (unpaired) electrons. The predicted molar refractivity (Wildman–Crippen MR) is 198 cm³/mol. The van der Waals surface area contributed by atoms with E-state index in [4.69, 9.17) is 0 Å². The number of hydrogen-bond donors (Lipinski definition) is 0. The van der Waals surface area contributed by atoms with Crippen molar-refractivity contribution in [1.82, 2.24) is 0 Å². The van der Waals surface area contributed by atoms with Gasteiger partial charge in [0.1, 0.15) is 0 Å². The maximum atomic E-state index is 2.50. The van der Waals surface area contributed by atoms with Crippen LogP contribution in [0, 0.1) is 0 Å². The Hall–Kier alpha value is 2.07. The number of hydrogen-bond acceptors (Lipinski definition) is 0. The fourth-order valence-corrected chi connectivity index (χ4v) is 41.3. The Morgan fingerprint density at radius 3 is 0.472 bits per heavy atom. The maximum Gasteiger partial charge on any atom is -0.107 e. The summed E-state index contributed by atoms with van der Waals surface area (Å²) in [6, 6.07) is 0. The Morgan fingerprint density at radius 2 is 0.389 bits per heavy atom. The first kappa shape index (κ1) is 42.5. The van der Waals surface area contributed by atoms with Gasteiger partial charge in [-0.25, -0.2) is 0 Å². The molecule has 4 heteroatoms. The Bertz CT molecular complexity index is 366. The van der Waals surface area contributed by atoms with Crippen molar-refractivity contribution in [3.8, 4) is 0 Å². The molecular formula is C32H74BrIP2. The van der Waals surface area contributed by atoms with Crippen LogP contribution >= 0.6 is 53.5 Å². The van der Waals surface area contributed by atoms with Crippen LogP contribution in [0.2, 0.25) is 0 Å². The van der Waals surface area contributed by atoms with Crippen LogP contribution in [0.1, 0.15) is 158 Å². The molecule has 0 aliphatic rings. The van der Waals surface area contributed by atoms with Crippen molar-refractivity contribution >= 4 is 53.5 Å². The number of halogens is 2. The summed E-state index contributed by atoms with van der Waals surface area (Å²) in [5.41, 5.74) is 0. The third-order valence-electron chi connectivity index (χ3n) is 10.3. The van der Waals surface area contributed by atoms with E-state index in [1.807, 2.05) is 0 Å². The smallest absolute Gasteiger partial charge is 0.107 e. The number of unbranched alkanes of at least 4 members (excludes halogenated alkanes) is 8. The first-order valence-corrected chi connectivity index (χ1v) is 23.0. The molecule has 0 saturated carbocycles. The van der Waals surface area contributed by atoms with Gasteiger partial charge < -0.3 is 0 Å². The second-order valence-electron chi connectivity index (χ2n) is 12.4. The molecule has 0 aromatic carbocycles. The van der Waals surface area contributed by atoms with E-state index in [2.05, 4.69) is 55.4 Å². The average molecular weight is 728 g/mol. The van der Waals surface area contributed by atoms with E-state index < -0.39 is 12.6 Å². The van der Waals surface area contributed by atoms with Gasteiger partial charge in [0.05, 0.1) is 0 Å². The molecule has 0 aliphatic heterocycles. The van der Waals surface area contributed by atoms with Gasteiger partial charge in [0.2, 0.25) is 0 Å². The molecule has 0 unspecified atom stereocenters. The maximum absolute atomic E-state index is 2.50. The van der Waals surface area contributed by atoms with E-state index >= 15 is 0 Å². The predicted octanol–water partition coefficient (Wildman–Crippen LogP) is 13.6. The van der Waals surface area contributed by atoms with Crippen LogP contribution in [0.15, 0.2) is 0 Å². The Balaban J connectivity index is -0.00000544. The Morgan fingerprint density at radius 1 is 0.278 bits per heavy atom. The first-order valence-electron chi connectivity index (χ1n) is 16.4. The first-order chi connectivity index (χ1) is 16.4. The van der Waals surface area contributed by atoms with Gasteiger partial charge in [0.25, 0.3) is 0 Å². The molecular weight excluding hydrogens is 653 g/mol. The van der Waals surface area contributed by atoms with Crippen LogP contribution in [-0.2, 0) is 0 Å². The van der Waals surface area contributed by atoms with E-state index in [0.717, 1.165) is 0 Å². The molecule has 226 valence electrons. The fraction of sp³-hybridized carbons (Fsp3) is 1.00. The Labute approximate surface area is 259 Å². The van der Waals surface area contributed by atoms with E-state index in [1.165, 1.54) is 103 Å². The van der Waals surface area contributed by atoms with Crippen LogP contribution in [0.25, 0.3) is 0 Å². The van der Waals surface area contributed by atoms with Crippen molar-refractivity contribution in [2.24, 2.45) is 0 Å². The summed E-state index contributed by atoms with van der Waals surface area (Å²) in [5, 5.41) is 0. The molecule has 0 bridgehead atoms. The SMILES string of the molecule is Br.CCCCP(CCCC)(CCCC)(CCCC)P(CCCC)(CCCC)(CCCC)CCCC.I. The Kier molecular flexibility index (Phi) is 26.8. The van der Waals surface area contributed by atoms with Crippen molar-refractivity contribution < 1.29 is 0 Å². The van der Waals surface area contributed by atoms with Crippen molar-refractivity contribution in [3.05, 3.63) is 0 Å². The topological polar surface area (TPSA) is 0 Å². The normalized spacial score (nSPS) is 14.2. The molecule has 0 aliphatic carbocycles. The monoisotopic (exact) mass is 726 g/mol. The van der Waals surface area contributed by atoms with Crippen LogP contribution in [-0.4, -0.2) is 49.3 Å². The average Bonchev–Trinajstić information content (AvgIpc) is 2.87. The quantitative estimate of drug-likeness (QED) is 0.0649. The second kappa shape index (κ2) is 22.7. The zero-order valence-electron chi connectivity index (χ0n) is 26.7. The molecule has 0 aromatic rings. The van der Waals surface area contributed by atoms with Gasteiger partial charge in [-0.15, -0.1) is 41.0 Å². The third kappa shape index (κ3) is 10.2. The van der Waals surface area contributed by atoms with E-state index in [0.29, 0.717) is 0 Å². The van der Waals surface area contributed by atoms with Crippen LogP contribution in [0.5, 0.6) is 0 Å².